The first kappa shape index (κ1) is 16.4. The largest absolute Gasteiger partial charge is 1.00 e. The summed E-state index contributed by atoms with van der Waals surface area (Å²) in [5, 5.41) is 1.14. The topological polar surface area (TPSA) is 50.0 Å². The molecule has 3 nitrogen and oxygen atoms in total. The Morgan fingerprint density at radius 2 is 1.86 bits per heavy atom. The van der Waals surface area contributed by atoms with E-state index in [4.69, 9.17) is 9.15 Å². The SMILES string of the molecule is COc1ccc2oc(Cc3ccccc3)c(CC[NH3+])c2c1.[Cl-]. The quantitative estimate of drug-likeness (QED) is 0.710. The average molecular weight is 318 g/mol. The molecule has 0 aliphatic heterocycles. The fraction of sp³-hybridized carbons (Fsp3) is 0.222. The van der Waals surface area contributed by atoms with Gasteiger partial charge in [0.15, 0.2) is 0 Å². The standard InChI is InChI=1S/C18H19NO2.ClH/c1-20-14-7-8-17-16(12-14)15(9-10-19)18(21-17)11-13-5-3-2-4-6-13;/h2-8,12H,9-11,19H2,1H3;1H. The molecule has 3 rings (SSSR count). The molecule has 3 aromatic rings. The summed E-state index contributed by atoms with van der Waals surface area (Å²) in [7, 11) is 1.69. The van der Waals surface area contributed by atoms with Crippen molar-refractivity contribution in [2.24, 2.45) is 0 Å². The number of quaternary nitrogens is 1. The summed E-state index contributed by atoms with van der Waals surface area (Å²) in [6.07, 6.45) is 1.73. The molecule has 0 radical (unpaired) electrons. The van der Waals surface area contributed by atoms with E-state index in [1.807, 2.05) is 18.2 Å². The van der Waals surface area contributed by atoms with E-state index in [2.05, 4.69) is 36.1 Å². The highest BCUT2D eigenvalue weighted by Gasteiger charge is 2.15. The van der Waals surface area contributed by atoms with Gasteiger partial charge in [0.2, 0.25) is 0 Å². The number of benzene rings is 2. The van der Waals surface area contributed by atoms with Crippen LogP contribution in [0.2, 0.25) is 0 Å². The lowest BCUT2D eigenvalue weighted by Gasteiger charge is -2.02. The minimum Gasteiger partial charge on any atom is -1.00 e. The molecule has 0 saturated heterocycles. The maximum absolute atomic E-state index is 6.07. The van der Waals surface area contributed by atoms with Crippen LogP contribution in [0.5, 0.6) is 5.75 Å². The van der Waals surface area contributed by atoms with Crippen molar-refractivity contribution in [2.75, 3.05) is 13.7 Å². The van der Waals surface area contributed by atoms with Crippen LogP contribution in [0.15, 0.2) is 52.9 Å². The van der Waals surface area contributed by atoms with Crippen LogP contribution in [0, 0.1) is 0 Å². The van der Waals surface area contributed by atoms with Crippen molar-refractivity contribution in [3.63, 3.8) is 0 Å². The molecule has 0 unspecified atom stereocenters. The highest BCUT2D eigenvalue weighted by atomic mass is 35.5. The number of hydrogen-bond acceptors (Lipinski definition) is 2. The van der Waals surface area contributed by atoms with E-state index >= 15 is 0 Å². The maximum Gasteiger partial charge on any atom is 0.134 e. The zero-order valence-electron chi connectivity index (χ0n) is 12.6. The first-order valence-electron chi connectivity index (χ1n) is 7.23. The molecule has 116 valence electrons. The number of rotatable bonds is 5. The molecular weight excluding hydrogens is 298 g/mol. The van der Waals surface area contributed by atoms with E-state index in [9.17, 15) is 0 Å². The average Bonchev–Trinajstić information content (AvgIpc) is 2.85. The highest BCUT2D eigenvalue weighted by molar-refractivity contribution is 5.84. The lowest BCUT2D eigenvalue weighted by atomic mass is 10.0. The Kier molecular flexibility index (Phi) is 5.47. The second-order valence-electron chi connectivity index (χ2n) is 5.13. The van der Waals surface area contributed by atoms with Crippen LogP contribution < -0.4 is 22.9 Å². The number of halogens is 1. The van der Waals surface area contributed by atoms with Gasteiger partial charge in [-0.25, -0.2) is 0 Å². The smallest absolute Gasteiger partial charge is 0.134 e. The normalized spacial score (nSPS) is 10.5. The number of furan rings is 1. The van der Waals surface area contributed by atoms with E-state index in [1.54, 1.807) is 7.11 Å². The predicted molar refractivity (Wildman–Crippen MR) is 83.5 cm³/mol. The van der Waals surface area contributed by atoms with Crippen LogP contribution in [0.3, 0.4) is 0 Å². The fourth-order valence-electron chi connectivity index (χ4n) is 2.68. The second kappa shape index (κ2) is 7.34. The first-order valence-corrected chi connectivity index (χ1v) is 7.23. The molecule has 2 aromatic carbocycles. The summed E-state index contributed by atoms with van der Waals surface area (Å²) in [4.78, 5) is 0. The Morgan fingerprint density at radius 3 is 2.55 bits per heavy atom. The van der Waals surface area contributed by atoms with Crippen molar-refractivity contribution < 1.29 is 27.3 Å². The van der Waals surface area contributed by atoms with Gasteiger partial charge >= 0.3 is 0 Å². The maximum atomic E-state index is 6.07. The molecule has 1 aromatic heterocycles. The van der Waals surface area contributed by atoms with Crippen molar-refractivity contribution in [3.8, 4) is 5.75 Å². The van der Waals surface area contributed by atoms with Crippen LogP contribution in [0.25, 0.3) is 11.0 Å². The van der Waals surface area contributed by atoms with Crippen molar-refractivity contribution in [3.05, 3.63) is 65.4 Å². The molecule has 0 aliphatic carbocycles. The molecule has 0 fully saturated rings. The number of fused-ring (bicyclic) bond motifs is 1. The summed E-state index contributed by atoms with van der Waals surface area (Å²) >= 11 is 0. The van der Waals surface area contributed by atoms with E-state index in [1.165, 1.54) is 11.1 Å². The molecule has 3 N–H and O–H groups in total. The van der Waals surface area contributed by atoms with Gasteiger partial charge in [0.05, 0.1) is 13.7 Å². The lowest BCUT2D eigenvalue weighted by Crippen LogP contribution is -3.00. The van der Waals surface area contributed by atoms with Gasteiger partial charge in [-0.1, -0.05) is 30.3 Å². The van der Waals surface area contributed by atoms with Gasteiger partial charge in [-0.05, 0) is 23.8 Å². The molecule has 0 saturated carbocycles. The summed E-state index contributed by atoms with van der Waals surface area (Å²) in [6, 6.07) is 16.4. The summed E-state index contributed by atoms with van der Waals surface area (Å²) in [6.45, 7) is 0.855. The minimum absolute atomic E-state index is 0. The third-order valence-electron chi connectivity index (χ3n) is 3.72. The third kappa shape index (κ3) is 3.26. The van der Waals surface area contributed by atoms with Gasteiger partial charge in [0, 0.05) is 23.8 Å². The molecule has 0 amide bonds. The van der Waals surface area contributed by atoms with Gasteiger partial charge in [-0.2, -0.15) is 0 Å². The Balaban J connectivity index is 0.00000176. The summed E-state index contributed by atoms with van der Waals surface area (Å²) in [5.41, 5.74) is 7.42. The molecule has 22 heavy (non-hydrogen) atoms. The number of ether oxygens (including phenoxy) is 1. The van der Waals surface area contributed by atoms with Crippen LogP contribution in [0.4, 0.5) is 0 Å². The van der Waals surface area contributed by atoms with Crippen molar-refractivity contribution >= 4 is 11.0 Å². The minimum atomic E-state index is 0. The van der Waals surface area contributed by atoms with Gasteiger partial charge in [-0.15, -0.1) is 0 Å². The van der Waals surface area contributed by atoms with Gasteiger partial charge in [0.25, 0.3) is 0 Å². The van der Waals surface area contributed by atoms with E-state index in [-0.39, 0.29) is 12.4 Å². The van der Waals surface area contributed by atoms with Crippen LogP contribution >= 0.6 is 0 Å². The van der Waals surface area contributed by atoms with Crippen LogP contribution in [0.1, 0.15) is 16.9 Å². The number of methoxy groups -OCH3 is 1. The second-order valence-corrected chi connectivity index (χ2v) is 5.13. The van der Waals surface area contributed by atoms with Crippen molar-refractivity contribution in [2.45, 2.75) is 12.8 Å². The Labute approximate surface area is 136 Å². The first-order chi connectivity index (χ1) is 10.3. The molecule has 0 bridgehead atoms. The molecule has 0 aliphatic rings. The Morgan fingerprint density at radius 1 is 1.09 bits per heavy atom. The zero-order valence-corrected chi connectivity index (χ0v) is 13.4. The summed E-state index contributed by atoms with van der Waals surface area (Å²) < 4.78 is 11.4. The van der Waals surface area contributed by atoms with E-state index in [0.717, 1.165) is 41.9 Å². The molecule has 0 atom stereocenters. The molecule has 0 spiro atoms. The fourth-order valence-corrected chi connectivity index (χ4v) is 2.68. The van der Waals surface area contributed by atoms with Crippen LogP contribution in [-0.2, 0) is 12.8 Å². The van der Waals surface area contributed by atoms with Gasteiger partial charge in [-0.3, -0.25) is 0 Å². The van der Waals surface area contributed by atoms with Gasteiger partial charge in [0.1, 0.15) is 17.1 Å². The van der Waals surface area contributed by atoms with Crippen LogP contribution in [-0.4, -0.2) is 13.7 Å². The molecule has 1 heterocycles. The Bertz CT molecular complexity index is 737. The monoisotopic (exact) mass is 317 g/mol. The summed E-state index contributed by atoms with van der Waals surface area (Å²) in [5.74, 6) is 1.90. The predicted octanol–water partition coefficient (Wildman–Crippen LogP) is -0.179. The van der Waals surface area contributed by atoms with E-state index < -0.39 is 0 Å². The van der Waals surface area contributed by atoms with E-state index in [0.29, 0.717) is 0 Å². The van der Waals surface area contributed by atoms with Crippen molar-refractivity contribution in [1.29, 1.82) is 0 Å². The Hall–Kier alpha value is -1.97. The van der Waals surface area contributed by atoms with Crippen molar-refractivity contribution in [1.82, 2.24) is 0 Å². The molecular formula is C18H20ClNO2. The number of hydrogen-bond donors (Lipinski definition) is 1. The third-order valence-corrected chi connectivity index (χ3v) is 3.72. The van der Waals surface area contributed by atoms with Gasteiger partial charge < -0.3 is 27.3 Å². The zero-order chi connectivity index (χ0) is 14.7. The highest BCUT2D eigenvalue weighted by Crippen LogP contribution is 2.31. The lowest BCUT2D eigenvalue weighted by molar-refractivity contribution is -0.366. The molecule has 4 heteroatoms.